The first-order chi connectivity index (χ1) is 11.1. The molecule has 0 radical (unpaired) electrons. The van der Waals surface area contributed by atoms with Gasteiger partial charge in [0.15, 0.2) is 0 Å². The summed E-state index contributed by atoms with van der Waals surface area (Å²) >= 11 is 0. The molecule has 0 atom stereocenters. The van der Waals surface area contributed by atoms with Crippen LogP contribution in [0.5, 0.6) is 11.5 Å². The van der Waals surface area contributed by atoms with Crippen LogP contribution in [0.15, 0.2) is 48.5 Å². The number of carbonyl (C=O) groups is 2. The molecule has 6 heteroatoms. The van der Waals surface area contributed by atoms with E-state index in [0.29, 0.717) is 11.4 Å². The van der Waals surface area contributed by atoms with Crippen LogP contribution in [0, 0.1) is 6.92 Å². The Kier molecular flexibility index (Phi) is 5.57. The first-order valence-electron chi connectivity index (χ1n) is 7.17. The van der Waals surface area contributed by atoms with Gasteiger partial charge in [-0.1, -0.05) is 17.7 Å². The average Bonchev–Trinajstić information content (AvgIpc) is 2.56. The smallest absolute Gasteiger partial charge is 0.319 e. The highest BCUT2D eigenvalue weighted by Crippen LogP contribution is 2.23. The van der Waals surface area contributed by atoms with Crippen molar-refractivity contribution in [3.63, 3.8) is 0 Å². The molecule has 3 amide bonds. The van der Waals surface area contributed by atoms with Crippen LogP contribution in [0.4, 0.5) is 10.5 Å². The maximum absolute atomic E-state index is 11.6. The summed E-state index contributed by atoms with van der Waals surface area (Å²) in [6.45, 7) is 1.94. The summed E-state index contributed by atoms with van der Waals surface area (Å²) in [4.78, 5) is 22.6. The van der Waals surface area contributed by atoms with Gasteiger partial charge in [0.05, 0.1) is 6.54 Å². The lowest BCUT2D eigenvalue weighted by Gasteiger charge is -2.09. The van der Waals surface area contributed by atoms with Crippen LogP contribution in [-0.2, 0) is 4.79 Å². The Morgan fingerprint density at radius 3 is 2.09 bits per heavy atom. The third-order valence-electron chi connectivity index (χ3n) is 3.06. The molecule has 0 aromatic heterocycles. The lowest BCUT2D eigenvalue weighted by Crippen LogP contribution is -2.37. The van der Waals surface area contributed by atoms with Crippen molar-refractivity contribution in [1.82, 2.24) is 10.6 Å². The molecule has 0 aliphatic rings. The predicted octanol–water partition coefficient (Wildman–Crippen LogP) is 2.65. The van der Waals surface area contributed by atoms with E-state index < -0.39 is 6.03 Å². The lowest BCUT2D eigenvalue weighted by molar-refractivity contribution is -0.119. The van der Waals surface area contributed by atoms with Gasteiger partial charge in [0, 0.05) is 12.7 Å². The molecule has 0 heterocycles. The Bertz CT molecular complexity index is 666. The number of nitrogens with one attached hydrogen (secondary N) is 3. The number of likely N-dealkylation sites (N-methyl/N-ethyl adjacent to an activating group) is 1. The average molecular weight is 313 g/mol. The Labute approximate surface area is 134 Å². The summed E-state index contributed by atoms with van der Waals surface area (Å²) in [7, 11) is 1.51. The van der Waals surface area contributed by atoms with Crippen molar-refractivity contribution in [3.8, 4) is 11.5 Å². The second kappa shape index (κ2) is 7.84. The Morgan fingerprint density at radius 2 is 1.52 bits per heavy atom. The van der Waals surface area contributed by atoms with Crippen LogP contribution < -0.4 is 20.7 Å². The fourth-order valence-corrected chi connectivity index (χ4v) is 1.77. The SMILES string of the molecule is CNC(=O)CNC(=O)Nc1ccc(Oc2ccc(C)cc2)cc1. The maximum atomic E-state index is 11.6. The van der Waals surface area contributed by atoms with Crippen molar-refractivity contribution in [2.45, 2.75) is 6.92 Å². The molecule has 23 heavy (non-hydrogen) atoms. The minimum absolute atomic E-state index is 0.0725. The zero-order chi connectivity index (χ0) is 16.7. The predicted molar refractivity (Wildman–Crippen MR) is 88.8 cm³/mol. The lowest BCUT2D eigenvalue weighted by atomic mass is 10.2. The zero-order valence-electron chi connectivity index (χ0n) is 13.1. The van der Waals surface area contributed by atoms with E-state index in [1.165, 1.54) is 12.6 Å². The van der Waals surface area contributed by atoms with Gasteiger partial charge in [-0.2, -0.15) is 0 Å². The van der Waals surface area contributed by atoms with Crippen LogP contribution in [0.25, 0.3) is 0 Å². The largest absolute Gasteiger partial charge is 0.457 e. The third kappa shape index (κ3) is 5.35. The fourth-order valence-electron chi connectivity index (χ4n) is 1.77. The summed E-state index contributed by atoms with van der Waals surface area (Å²) in [5.74, 6) is 1.16. The van der Waals surface area contributed by atoms with E-state index in [-0.39, 0.29) is 12.5 Å². The molecule has 0 saturated carbocycles. The van der Waals surface area contributed by atoms with Crippen molar-refractivity contribution in [2.24, 2.45) is 0 Å². The number of hydrogen-bond acceptors (Lipinski definition) is 3. The molecule has 0 bridgehead atoms. The van der Waals surface area contributed by atoms with Gasteiger partial charge >= 0.3 is 6.03 Å². The number of ether oxygens (including phenoxy) is 1. The highest BCUT2D eigenvalue weighted by atomic mass is 16.5. The van der Waals surface area contributed by atoms with E-state index >= 15 is 0 Å². The second-order valence-electron chi connectivity index (χ2n) is 4.92. The molecule has 2 aromatic carbocycles. The number of aryl methyl sites for hydroxylation is 1. The highest BCUT2D eigenvalue weighted by Gasteiger charge is 2.04. The number of amides is 3. The molecule has 3 N–H and O–H groups in total. The van der Waals surface area contributed by atoms with E-state index in [9.17, 15) is 9.59 Å². The van der Waals surface area contributed by atoms with Crippen molar-refractivity contribution in [2.75, 3.05) is 18.9 Å². The molecule has 0 aliphatic heterocycles. The number of urea groups is 1. The molecular weight excluding hydrogens is 294 g/mol. The normalized spacial score (nSPS) is 9.83. The van der Waals surface area contributed by atoms with Crippen molar-refractivity contribution in [3.05, 3.63) is 54.1 Å². The molecular formula is C17H19N3O3. The molecule has 2 rings (SSSR count). The number of carbonyl (C=O) groups excluding carboxylic acids is 2. The summed E-state index contributed by atoms with van der Waals surface area (Å²) in [6.07, 6.45) is 0. The zero-order valence-corrected chi connectivity index (χ0v) is 13.1. The van der Waals surface area contributed by atoms with E-state index in [0.717, 1.165) is 5.75 Å². The molecule has 2 aromatic rings. The summed E-state index contributed by atoms with van der Waals surface area (Å²) < 4.78 is 5.71. The van der Waals surface area contributed by atoms with Crippen molar-refractivity contribution < 1.29 is 14.3 Å². The van der Waals surface area contributed by atoms with Gasteiger partial charge in [0.2, 0.25) is 5.91 Å². The van der Waals surface area contributed by atoms with Gasteiger partial charge in [0.1, 0.15) is 11.5 Å². The third-order valence-corrected chi connectivity index (χ3v) is 3.06. The maximum Gasteiger partial charge on any atom is 0.319 e. The summed E-state index contributed by atoms with van der Waals surface area (Å²) in [6, 6.07) is 14.3. The number of benzene rings is 2. The minimum Gasteiger partial charge on any atom is -0.457 e. The van der Waals surface area contributed by atoms with Crippen molar-refractivity contribution >= 4 is 17.6 Å². The van der Waals surface area contributed by atoms with E-state index in [1.54, 1.807) is 24.3 Å². The van der Waals surface area contributed by atoms with Crippen molar-refractivity contribution in [1.29, 1.82) is 0 Å². The van der Waals surface area contributed by atoms with E-state index in [4.69, 9.17) is 4.74 Å². The minimum atomic E-state index is -0.444. The second-order valence-corrected chi connectivity index (χ2v) is 4.92. The van der Waals surface area contributed by atoms with Gasteiger partial charge < -0.3 is 20.7 Å². The van der Waals surface area contributed by atoms with Crippen LogP contribution in [0.3, 0.4) is 0 Å². The first kappa shape index (κ1) is 16.4. The quantitative estimate of drug-likeness (QED) is 0.794. The molecule has 120 valence electrons. The van der Waals surface area contributed by atoms with E-state index in [2.05, 4.69) is 16.0 Å². The topological polar surface area (TPSA) is 79.5 Å². The standard InChI is InChI=1S/C17H19N3O3/c1-12-3-7-14(8-4-12)23-15-9-5-13(6-10-15)20-17(22)19-11-16(21)18-2/h3-10H,11H2,1-2H3,(H,18,21)(H2,19,20,22). The molecule has 0 saturated heterocycles. The van der Waals surface area contributed by atoms with E-state index in [1.807, 2.05) is 31.2 Å². The highest BCUT2D eigenvalue weighted by molar-refractivity contribution is 5.92. The van der Waals surface area contributed by atoms with Gasteiger partial charge in [-0.15, -0.1) is 0 Å². The Hall–Kier alpha value is -3.02. The Morgan fingerprint density at radius 1 is 0.957 bits per heavy atom. The van der Waals surface area contributed by atoms with Gasteiger partial charge in [-0.25, -0.2) is 4.79 Å². The molecule has 0 spiro atoms. The van der Waals surface area contributed by atoms with Gasteiger partial charge in [-0.05, 0) is 43.3 Å². The number of hydrogen-bond donors (Lipinski definition) is 3. The van der Waals surface area contributed by atoms with Crippen LogP contribution in [-0.4, -0.2) is 25.5 Å². The van der Waals surface area contributed by atoms with Crippen LogP contribution >= 0.6 is 0 Å². The molecule has 0 fully saturated rings. The molecule has 0 unspecified atom stereocenters. The summed E-state index contributed by atoms with van der Waals surface area (Å²) in [5, 5.41) is 7.50. The number of anilines is 1. The van der Waals surface area contributed by atoms with Gasteiger partial charge in [-0.3, -0.25) is 4.79 Å². The van der Waals surface area contributed by atoms with Gasteiger partial charge in [0.25, 0.3) is 0 Å². The van der Waals surface area contributed by atoms with Crippen LogP contribution in [0.1, 0.15) is 5.56 Å². The summed E-state index contributed by atoms with van der Waals surface area (Å²) in [5.41, 5.74) is 1.77. The first-order valence-corrected chi connectivity index (χ1v) is 7.17. The van der Waals surface area contributed by atoms with Crippen LogP contribution in [0.2, 0.25) is 0 Å². The monoisotopic (exact) mass is 313 g/mol. The Balaban J connectivity index is 1.87. The number of rotatable bonds is 5. The molecule has 6 nitrogen and oxygen atoms in total. The molecule has 0 aliphatic carbocycles. The fraction of sp³-hybridized carbons (Fsp3) is 0.176.